The molecule has 0 fully saturated rings. The number of carbonyl (C=O) groups is 2. The van der Waals surface area contributed by atoms with Gasteiger partial charge in [-0.3, -0.25) is 14.6 Å². The molecule has 0 radical (unpaired) electrons. The predicted molar refractivity (Wildman–Crippen MR) is 114 cm³/mol. The quantitative estimate of drug-likeness (QED) is 0.714. The summed E-state index contributed by atoms with van der Waals surface area (Å²) >= 11 is 0. The Balaban J connectivity index is 1.46. The molecule has 29 heavy (non-hydrogen) atoms. The Bertz CT molecular complexity index is 1050. The summed E-state index contributed by atoms with van der Waals surface area (Å²) in [7, 11) is 0. The van der Waals surface area contributed by atoms with Gasteiger partial charge in [-0.2, -0.15) is 0 Å². The highest BCUT2D eigenvalue weighted by atomic mass is 16.2. The number of hydrogen-bond donors (Lipinski definition) is 2. The number of pyridine rings is 1. The summed E-state index contributed by atoms with van der Waals surface area (Å²) in [4.78, 5) is 30.3. The number of benzene rings is 2. The lowest BCUT2D eigenvalue weighted by atomic mass is 9.99. The van der Waals surface area contributed by atoms with E-state index in [0.29, 0.717) is 16.9 Å². The maximum absolute atomic E-state index is 12.7. The third-order valence-corrected chi connectivity index (χ3v) is 4.94. The second-order valence-electron chi connectivity index (χ2n) is 7.08. The molecule has 1 aromatic heterocycles. The molecule has 0 atom stereocenters. The first kappa shape index (κ1) is 18.7. The van der Waals surface area contributed by atoms with Crippen LogP contribution in [0, 0.1) is 0 Å². The van der Waals surface area contributed by atoms with Gasteiger partial charge in [-0.05, 0) is 47.9 Å². The number of rotatable bonds is 4. The number of fused-ring (bicyclic) bond motifs is 1. The number of hydrogen-bond acceptors (Lipinski definition) is 4. The van der Waals surface area contributed by atoms with Crippen LogP contribution < -0.4 is 15.5 Å². The van der Waals surface area contributed by atoms with Crippen molar-refractivity contribution < 1.29 is 9.59 Å². The van der Waals surface area contributed by atoms with E-state index in [1.807, 2.05) is 6.07 Å². The third-order valence-electron chi connectivity index (χ3n) is 4.94. The second kappa shape index (κ2) is 8.14. The van der Waals surface area contributed by atoms with Crippen molar-refractivity contribution in [2.75, 3.05) is 22.1 Å². The molecule has 0 saturated heterocycles. The minimum absolute atomic E-state index is 0.134. The van der Waals surface area contributed by atoms with Crippen LogP contribution in [0.4, 0.5) is 17.1 Å². The predicted octanol–water partition coefficient (Wildman–Crippen LogP) is 3.86. The smallest absolute Gasteiger partial charge is 0.257 e. The van der Waals surface area contributed by atoms with Gasteiger partial charge in [-0.1, -0.05) is 24.3 Å². The fraction of sp³-hybridized carbons (Fsp3) is 0.174. The van der Waals surface area contributed by atoms with Gasteiger partial charge < -0.3 is 15.5 Å². The first-order valence-corrected chi connectivity index (χ1v) is 9.54. The summed E-state index contributed by atoms with van der Waals surface area (Å²) in [6.45, 7) is 3.17. The average molecular weight is 386 g/mol. The Morgan fingerprint density at radius 3 is 2.34 bits per heavy atom. The van der Waals surface area contributed by atoms with Crippen molar-refractivity contribution in [2.24, 2.45) is 0 Å². The van der Waals surface area contributed by atoms with Crippen molar-refractivity contribution in [3.63, 3.8) is 0 Å². The first-order valence-electron chi connectivity index (χ1n) is 9.54. The van der Waals surface area contributed by atoms with Crippen molar-refractivity contribution in [3.8, 4) is 0 Å². The highest BCUT2D eigenvalue weighted by molar-refractivity contribution is 6.04. The van der Waals surface area contributed by atoms with E-state index in [9.17, 15) is 9.59 Å². The van der Waals surface area contributed by atoms with Crippen molar-refractivity contribution in [1.82, 2.24) is 4.98 Å². The van der Waals surface area contributed by atoms with Crippen LogP contribution in [0.2, 0.25) is 0 Å². The van der Waals surface area contributed by atoms with Crippen LogP contribution in [0.15, 0.2) is 67.0 Å². The fourth-order valence-electron chi connectivity index (χ4n) is 3.48. The molecule has 146 valence electrons. The topological polar surface area (TPSA) is 74.3 Å². The van der Waals surface area contributed by atoms with Crippen LogP contribution >= 0.6 is 0 Å². The Hall–Kier alpha value is -3.67. The first-order chi connectivity index (χ1) is 14.1. The molecule has 6 nitrogen and oxygen atoms in total. The van der Waals surface area contributed by atoms with Crippen LogP contribution in [0.25, 0.3) is 0 Å². The Morgan fingerprint density at radius 1 is 0.931 bits per heavy atom. The van der Waals surface area contributed by atoms with E-state index in [-0.39, 0.29) is 11.8 Å². The van der Waals surface area contributed by atoms with E-state index >= 15 is 0 Å². The average Bonchev–Trinajstić information content (AvgIpc) is 2.74. The Kier molecular flexibility index (Phi) is 5.24. The lowest BCUT2D eigenvalue weighted by Crippen LogP contribution is -2.30. The van der Waals surface area contributed by atoms with Gasteiger partial charge in [0, 0.05) is 37.6 Å². The number of aromatic nitrogens is 1. The molecule has 0 saturated carbocycles. The molecule has 1 aliphatic rings. The Morgan fingerprint density at radius 2 is 1.62 bits per heavy atom. The number of nitrogens with one attached hydrogen (secondary N) is 2. The van der Waals surface area contributed by atoms with Crippen molar-refractivity contribution in [2.45, 2.75) is 19.9 Å². The van der Waals surface area contributed by atoms with Gasteiger partial charge in [0.1, 0.15) is 0 Å². The summed E-state index contributed by atoms with van der Waals surface area (Å²) in [5.41, 5.74) is 5.48. The minimum atomic E-state index is -0.218. The third kappa shape index (κ3) is 4.43. The second-order valence-corrected chi connectivity index (χ2v) is 7.08. The lowest BCUT2D eigenvalue weighted by molar-refractivity contribution is -0.114. The summed E-state index contributed by atoms with van der Waals surface area (Å²) < 4.78 is 0. The van der Waals surface area contributed by atoms with Gasteiger partial charge in [0.2, 0.25) is 5.91 Å². The zero-order valence-corrected chi connectivity index (χ0v) is 16.2. The summed E-state index contributed by atoms with van der Waals surface area (Å²) in [6.07, 6.45) is 4.35. The van der Waals surface area contributed by atoms with E-state index < -0.39 is 0 Å². The van der Waals surface area contributed by atoms with Crippen molar-refractivity contribution >= 4 is 28.9 Å². The maximum atomic E-state index is 12.7. The number of amides is 2. The minimum Gasteiger partial charge on any atom is -0.366 e. The molecular weight excluding hydrogens is 364 g/mol. The largest absolute Gasteiger partial charge is 0.366 e. The maximum Gasteiger partial charge on any atom is 0.257 e. The fourth-order valence-corrected chi connectivity index (χ4v) is 3.48. The van der Waals surface area contributed by atoms with E-state index in [4.69, 9.17) is 0 Å². The Labute approximate surface area is 169 Å². The number of anilines is 3. The zero-order valence-electron chi connectivity index (χ0n) is 16.2. The van der Waals surface area contributed by atoms with Crippen LogP contribution in [0.1, 0.15) is 28.4 Å². The van der Waals surface area contributed by atoms with Crippen LogP contribution in [-0.2, 0) is 17.8 Å². The van der Waals surface area contributed by atoms with Crippen LogP contribution in [0.3, 0.4) is 0 Å². The van der Waals surface area contributed by atoms with Gasteiger partial charge in [0.05, 0.1) is 17.4 Å². The van der Waals surface area contributed by atoms with E-state index in [2.05, 4.69) is 44.8 Å². The zero-order chi connectivity index (χ0) is 20.2. The molecule has 2 amide bonds. The standard InChI is InChI=1S/C23H22N4O2/c1-16(28)25-20-6-8-21(9-7-20)26-23(29)19-12-22(14-24-13-19)27-11-10-17-4-2-3-5-18(17)15-27/h2-9,12-14H,10-11,15H2,1H3,(H,25,28)(H,26,29). The van der Waals surface area contributed by atoms with Gasteiger partial charge in [0.15, 0.2) is 0 Å². The van der Waals surface area contributed by atoms with Crippen LogP contribution in [-0.4, -0.2) is 23.3 Å². The van der Waals surface area contributed by atoms with E-state index in [1.165, 1.54) is 18.1 Å². The lowest BCUT2D eigenvalue weighted by Gasteiger charge is -2.30. The molecule has 1 aliphatic heterocycles. The molecule has 3 aromatic rings. The number of nitrogens with zero attached hydrogens (tertiary/aromatic N) is 2. The molecule has 2 N–H and O–H groups in total. The summed E-state index contributed by atoms with van der Waals surface area (Å²) in [5.74, 6) is -0.353. The SMILES string of the molecule is CC(=O)Nc1ccc(NC(=O)c2cncc(N3CCc4ccccc4C3)c2)cc1. The molecule has 0 aliphatic carbocycles. The molecule has 2 heterocycles. The van der Waals surface area contributed by atoms with Crippen molar-refractivity contribution in [1.29, 1.82) is 0 Å². The number of carbonyl (C=O) groups excluding carboxylic acids is 2. The molecular formula is C23H22N4O2. The van der Waals surface area contributed by atoms with Crippen LogP contribution in [0.5, 0.6) is 0 Å². The highest BCUT2D eigenvalue weighted by Gasteiger charge is 2.17. The summed E-state index contributed by atoms with van der Waals surface area (Å²) in [6, 6.07) is 17.3. The van der Waals surface area contributed by atoms with Gasteiger partial charge in [-0.25, -0.2) is 0 Å². The van der Waals surface area contributed by atoms with Gasteiger partial charge in [-0.15, -0.1) is 0 Å². The van der Waals surface area contributed by atoms with Gasteiger partial charge in [0.25, 0.3) is 5.91 Å². The van der Waals surface area contributed by atoms with Gasteiger partial charge >= 0.3 is 0 Å². The van der Waals surface area contributed by atoms with E-state index in [1.54, 1.807) is 36.7 Å². The normalized spacial score (nSPS) is 12.8. The summed E-state index contributed by atoms with van der Waals surface area (Å²) in [5, 5.41) is 5.58. The highest BCUT2D eigenvalue weighted by Crippen LogP contribution is 2.24. The molecule has 0 bridgehead atoms. The molecule has 6 heteroatoms. The molecule has 4 rings (SSSR count). The molecule has 2 aromatic carbocycles. The van der Waals surface area contributed by atoms with Crippen molar-refractivity contribution in [3.05, 3.63) is 83.7 Å². The molecule has 0 unspecified atom stereocenters. The molecule has 0 spiro atoms. The van der Waals surface area contributed by atoms with E-state index in [0.717, 1.165) is 25.2 Å². The monoisotopic (exact) mass is 386 g/mol.